The molecule has 1 aromatic carbocycles. The number of halogens is 1. The Kier molecular flexibility index (Phi) is 4.18. The van der Waals surface area contributed by atoms with E-state index in [2.05, 4.69) is 27.5 Å². The van der Waals surface area contributed by atoms with Gasteiger partial charge in [0.05, 0.1) is 6.54 Å². The van der Waals surface area contributed by atoms with Crippen LogP contribution in [0.15, 0.2) is 47.6 Å². The van der Waals surface area contributed by atoms with Crippen LogP contribution in [0, 0.1) is 5.82 Å². The van der Waals surface area contributed by atoms with E-state index in [0.29, 0.717) is 24.2 Å². The highest BCUT2D eigenvalue weighted by atomic mass is 19.1. The van der Waals surface area contributed by atoms with Gasteiger partial charge in [-0.05, 0) is 25.1 Å². The molecule has 0 saturated heterocycles. The van der Waals surface area contributed by atoms with Gasteiger partial charge in [-0.2, -0.15) is 0 Å². The maximum Gasteiger partial charge on any atom is 0.224 e. The maximum absolute atomic E-state index is 13.2. The van der Waals surface area contributed by atoms with Gasteiger partial charge in [0.2, 0.25) is 5.88 Å². The molecule has 0 aliphatic carbocycles. The molecular weight excluding hydrogens is 283 g/mol. The zero-order valence-electron chi connectivity index (χ0n) is 12.2. The van der Waals surface area contributed by atoms with Crippen molar-refractivity contribution in [3.8, 4) is 11.6 Å². The lowest BCUT2D eigenvalue weighted by atomic mass is 10.2. The monoisotopic (exact) mass is 300 g/mol. The van der Waals surface area contributed by atoms with E-state index in [9.17, 15) is 4.39 Å². The Morgan fingerprint density at radius 2 is 2.27 bits per heavy atom. The van der Waals surface area contributed by atoms with Crippen LogP contribution < -0.4 is 15.4 Å². The summed E-state index contributed by atoms with van der Waals surface area (Å²) in [5.41, 5.74) is 0.871. The second-order valence-corrected chi connectivity index (χ2v) is 5.12. The first-order valence-electron chi connectivity index (χ1n) is 7.13. The number of nitrogens with zero attached hydrogens (tertiary/aromatic N) is 2. The van der Waals surface area contributed by atoms with Crippen molar-refractivity contribution >= 4 is 5.96 Å². The van der Waals surface area contributed by atoms with Gasteiger partial charge in [0.25, 0.3) is 0 Å². The Hall–Kier alpha value is -2.63. The molecule has 0 fully saturated rings. The summed E-state index contributed by atoms with van der Waals surface area (Å²) in [6.07, 6.45) is 1.64. The number of pyridine rings is 1. The van der Waals surface area contributed by atoms with Gasteiger partial charge in [-0.1, -0.05) is 12.1 Å². The molecule has 0 amide bonds. The molecule has 1 unspecified atom stereocenters. The van der Waals surface area contributed by atoms with Crippen LogP contribution in [-0.2, 0) is 6.54 Å². The lowest BCUT2D eigenvalue weighted by Crippen LogP contribution is -2.37. The molecule has 2 N–H and O–H groups in total. The number of benzene rings is 1. The Morgan fingerprint density at radius 3 is 3.05 bits per heavy atom. The topological polar surface area (TPSA) is 58.5 Å². The third-order valence-electron chi connectivity index (χ3n) is 3.21. The van der Waals surface area contributed by atoms with Crippen LogP contribution in [0.1, 0.15) is 12.5 Å². The Balaban J connectivity index is 1.70. The van der Waals surface area contributed by atoms with E-state index in [0.717, 1.165) is 18.1 Å². The lowest BCUT2D eigenvalue weighted by Gasteiger charge is -2.12. The van der Waals surface area contributed by atoms with Crippen molar-refractivity contribution in [3.05, 3.63) is 54.0 Å². The third kappa shape index (κ3) is 3.52. The van der Waals surface area contributed by atoms with Gasteiger partial charge in [0, 0.05) is 30.4 Å². The van der Waals surface area contributed by atoms with E-state index in [1.165, 1.54) is 12.1 Å². The van der Waals surface area contributed by atoms with Crippen molar-refractivity contribution in [1.82, 2.24) is 15.6 Å². The summed E-state index contributed by atoms with van der Waals surface area (Å²) in [6.45, 7) is 3.36. The summed E-state index contributed by atoms with van der Waals surface area (Å²) < 4.78 is 18.9. The standard InChI is InChI=1S/C16H17FN4O/c1-11-9-19-16(21-11)20-10-12-4-3-7-18-15(12)22-14-6-2-5-13(17)8-14/h2-8,11H,9-10H2,1H3,(H2,19,20,21). The summed E-state index contributed by atoms with van der Waals surface area (Å²) in [4.78, 5) is 8.56. The van der Waals surface area contributed by atoms with Crippen molar-refractivity contribution < 1.29 is 9.13 Å². The second-order valence-electron chi connectivity index (χ2n) is 5.12. The molecule has 3 rings (SSSR count). The van der Waals surface area contributed by atoms with Crippen LogP contribution in [0.5, 0.6) is 11.6 Å². The minimum atomic E-state index is -0.341. The van der Waals surface area contributed by atoms with Gasteiger partial charge < -0.3 is 15.4 Å². The largest absolute Gasteiger partial charge is 0.439 e. The van der Waals surface area contributed by atoms with Crippen molar-refractivity contribution in [2.75, 3.05) is 6.54 Å². The smallest absolute Gasteiger partial charge is 0.224 e. The van der Waals surface area contributed by atoms with Crippen LogP contribution in [0.4, 0.5) is 4.39 Å². The van der Waals surface area contributed by atoms with E-state index in [4.69, 9.17) is 4.74 Å². The van der Waals surface area contributed by atoms with Crippen molar-refractivity contribution in [2.24, 2.45) is 4.99 Å². The molecule has 0 spiro atoms. The van der Waals surface area contributed by atoms with Crippen LogP contribution in [0.25, 0.3) is 0 Å². The first-order valence-corrected chi connectivity index (χ1v) is 7.13. The lowest BCUT2D eigenvalue weighted by molar-refractivity contribution is 0.451. The molecule has 22 heavy (non-hydrogen) atoms. The first-order chi connectivity index (χ1) is 10.7. The van der Waals surface area contributed by atoms with E-state index in [1.807, 2.05) is 12.1 Å². The number of hydrogen-bond acceptors (Lipinski definition) is 5. The number of nitrogens with one attached hydrogen (secondary N) is 2. The molecule has 1 aliphatic heterocycles. The SMILES string of the molecule is CC1CN=C(NCc2cccnc2Oc2cccc(F)c2)N1. The number of guanidine groups is 1. The van der Waals surface area contributed by atoms with Gasteiger partial charge in [-0.15, -0.1) is 0 Å². The van der Waals surface area contributed by atoms with Crippen LogP contribution in [0.2, 0.25) is 0 Å². The molecule has 0 bridgehead atoms. The highest BCUT2D eigenvalue weighted by Gasteiger charge is 2.13. The Labute approximate surface area is 128 Å². The molecule has 2 heterocycles. The molecule has 1 aromatic heterocycles. The summed E-state index contributed by atoms with van der Waals surface area (Å²) in [6, 6.07) is 10.1. The van der Waals surface area contributed by atoms with Gasteiger partial charge in [-0.3, -0.25) is 4.99 Å². The van der Waals surface area contributed by atoms with Crippen molar-refractivity contribution in [3.63, 3.8) is 0 Å². The second kappa shape index (κ2) is 6.43. The predicted octanol–water partition coefficient (Wildman–Crippen LogP) is 2.45. The zero-order chi connectivity index (χ0) is 15.4. The normalized spacial score (nSPS) is 16.8. The summed E-state index contributed by atoms with van der Waals surface area (Å²) >= 11 is 0. The van der Waals surface area contributed by atoms with E-state index in [-0.39, 0.29) is 5.82 Å². The minimum Gasteiger partial charge on any atom is -0.439 e. The first kappa shape index (κ1) is 14.3. The van der Waals surface area contributed by atoms with Crippen LogP contribution >= 0.6 is 0 Å². The van der Waals surface area contributed by atoms with Gasteiger partial charge in [0.1, 0.15) is 11.6 Å². The summed E-state index contributed by atoms with van der Waals surface area (Å²) in [7, 11) is 0. The molecule has 0 radical (unpaired) electrons. The van der Waals surface area contributed by atoms with Crippen molar-refractivity contribution in [2.45, 2.75) is 19.5 Å². The van der Waals surface area contributed by atoms with E-state index < -0.39 is 0 Å². The molecule has 2 aromatic rings. The molecule has 5 nitrogen and oxygen atoms in total. The van der Waals surface area contributed by atoms with Crippen LogP contribution in [-0.4, -0.2) is 23.5 Å². The van der Waals surface area contributed by atoms with Crippen molar-refractivity contribution in [1.29, 1.82) is 0 Å². The summed E-state index contributed by atoms with van der Waals surface area (Å²) in [5.74, 6) is 1.30. The van der Waals surface area contributed by atoms with E-state index >= 15 is 0 Å². The number of aliphatic imine (C=N–C) groups is 1. The van der Waals surface area contributed by atoms with E-state index in [1.54, 1.807) is 18.3 Å². The molecule has 0 saturated carbocycles. The molecule has 1 atom stereocenters. The highest BCUT2D eigenvalue weighted by molar-refractivity contribution is 5.81. The molecule has 1 aliphatic rings. The fourth-order valence-electron chi connectivity index (χ4n) is 2.13. The number of ether oxygens (including phenoxy) is 1. The minimum absolute atomic E-state index is 0.341. The Morgan fingerprint density at radius 1 is 1.36 bits per heavy atom. The predicted molar refractivity (Wildman–Crippen MR) is 82.5 cm³/mol. The maximum atomic E-state index is 13.2. The fraction of sp³-hybridized carbons (Fsp3) is 0.250. The Bertz CT molecular complexity index is 689. The number of aromatic nitrogens is 1. The van der Waals surface area contributed by atoms with Gasteiger partial charge in [-0.25, -0.2) is 9.37 Å². The van der Waals surface area contributed by atoms with Crippen LogP contribution in [0.3, 0.4) is 0 Å². The molecule has 6 heteroatoms. The average Bonchev–Trinajstić information content (AvgIpc) is 2.92. The average molecular weight is 300 g/mol. The summed E-state index contributed by atoms with van der Waals surface area (Å²) in [5, 5.41) is 6.44. The molecule has 114 valence electrons. The van der Waals surface area contributed by atoms with Gasteiger partial charge in [0.15, 0.2) is 5.96 Å². The molecular formula is C16H17FN4O. The van der Waals surface area contributed by atoms with Gasteiger partial charge >= 0.3 is 0 Å². The highest BCUT2D eigenvalue weighted by Crippen LogP contribution is 2.23. The zero-order valence-corrected chi connectivity index (χ0v) is 12.2. The third-order valence-corrected chi connectivity index (χ3v) is 3.21. The number of hydrogen-bond donors (Lipinski definition) is 2. The quantitative estimate of drug-likeness (QED) is 0.910. The fourth-order valence-corrected chi connectivity index (χ4v) is 2.13. The number of rotatable bonds is 4.